The van der Waals surface area contributed by atoms with Crippen LogP contribution in [-0.2, 0) is 10.9 Å². The molecular weight excluding hydrogens is 327 g/mol. The Bertz CT molecular complexity index is 684. The first kappa shape index (κ1) is 16.6. The summed E-state index contributed by atoms with van der Waals surface area (Å²) in [7, 11) is 0. The number of hydrazone groups is 1. The Morgan fingerprint density at radius 1 is 1.38 bits per heavy atom. The van der Waals surface area contributed by atoms with Crippen LogP contribution in [0.3, 0.4) is 0 Å². The molecule has 1 aliphatic heterocycles. The van der Waals surface area contributed by atoms with Crippen molar-refractivity contribution in [1.29, 1.82) is 0 Å². The molecular formula is C15H16F3N3O3. The predicted octanol–water partition coefficient (Wildman–Crippen LogP) is 2.48. The van der Waals surface area contributed by atoms with Crippen molar-refractivity contribution in [2.75, 3.05) is 18.5 Å². The minimum atomic E-state index is -4.57. The van der Waals surface area contributed by atoms with E-state index < -0.39 is 23.4 Å². The number of anilines is 1. The second kappa shape index (κ2) is 5.97. The lowest BCUT2D eigenvalue weighted by Crippen LogP contribution is -2.43. The molecule has 2 aliphatic rings. The molecule has 130 valence electrons. The molecule has 3 N–H and O–H groups in total. The second-order valence-electron chi connectivity index (χ2n) is 5.94. The zero-order chi connectivity index (χ0) is 17.4. The predicted molar refractivity (Wildman–Crippen MR) is 79.8 cm³/mol. The van der Waals surface area contributed by atoms with Crippen LogP contribution in [0.4, 0.5) is 23.7 Å². The summed E-state index contributed by atoms with van der Waals surface area (Å²) in [6, 6.07) is 3.70. The first-order valence-corrected chi connectivity index (χ1v) is 7.44. The van der Waals surface area contributed by atoms with Crippen LogP contribution >= 0.6 is 0 Å². The Labute approximate surface area is 135 Å². The number of aliphatic hydroxyl groups is 1. The van der Waals surface area contributed by atoms with Gasteiger partial charge >= 0.3 is 12.3 Å². The summed E-state index contributed by atoms with van der Waals surface area (Å²) >= 11 is 0. The quantitative estimate of drug-likeness (QED) is 0.784. The van der Waals surface area contributed by atoms with E-state index >= 15 is 0 Å². The number of nitrogens with zero attached hydrogens (tertiary/aromatic N) is 1. The average molecular weight is 343 g/mol. The van der Waals surface area contributed by atoms with Crippen molar-refractivity contribution in [3.63, 3.8) is 0 Å². The fourth-order valence-corrected chi connectivity index (χ4v) is 2.59. The Hall–Kier alpha value is -2.29. The molecule has 6 nitrogen and oxygen atoms in total. The van der Waals surface area contributed by atoms with Crippen LogP contribution in [0.5, 0.6) is 0 Å². The van der Waals surface area contributed by atoms with E-state index in [2.05, 4.69) is 15.8 Å². The second-order valence-corrected chi connectivity index (χ2v) is 5.94. The van der Waals surface area contributed by atoms with Gasteiger partial charge in [0.25, 0.3) is 0 Å². The fourth-order valence-electron chi connectivity index (χ4n) is 2.59. The number of cyclic esters (lactones) is 1. The summed E-state index contributed by atoms with van der Waals surface area (Å²) in [5.74, 6) is 0. The van der Waals surface area contributed by atoms with Crippen molar-refractivity contribution in [2.24, 2.45) is 5.10 Å². The van der Waals surface area contributed by atoms with Gasteiger partial charge in [0.15, 0.2) is 0 Å². The monoisotopic (exact) mass is 343 g/mol. The third-order valence-electron chi connectivity index (χ3n) is 4.17. The van der Waals surface area contributed by atoms with E-state index in [0.717, 1.165) is 12.5 Å². The summed E-state index contributed by atoms with van der Waals surface area (Å²) in [6.45, 7) is -0.134. The number of alkyl halides is 3. The highest BCUT2D eigenvalue weighted by atomic mass is 19.4. The highest BCUT2D eigenvalue weighted by molar-refractivity contribution is 6.04. The molecule has 0 unspecified atom stereocenters. The van der Waals surface area contributed by atoms with Crippen molar-refractivity contribution < 1.29 is 27.8 Å². The summed E-state index contributed by atoms with van der Waals surface area (Å²) in [6.07, 6.45) is -3.29. The number of nitrogens with one attached hydrogen (secondary N) is 2. The number of halogens is 3. The smallest absolute Gasteiger partial charge is 0.428 e. The highest BCUT2D eigenvalue weighted by Crippen LogP contribution is 2.37. The van der Waals surface area contributed by atoms with Gasteiger partial charge in [-0.15, -0.1) is 0 Å². The van der Waals surface area contributed by atoms with Gasteiger partial charge in [-0.05, 0) is 31.4 Å². The molecule has 1 aromatic rings. The van der Waals surface area contributed by atoms with Gasteiger partial charge in [-0.2, -0.15) is 18.3 Å². The molecule has 0 saturated heterocycles. The van der Waals surface area contributed by atoms with Crippen molar-refractivity contribution in [1.82, 2.24) is 5.43 Å². The molecule has 0 bridgehead atoms. The largest absolute Gasteiger partial charge is 0.442 e. The maximum atomic E-state index is 13.3. The minimum absolute atomic E-state index is 0.0650. The molecule has 3 rings (SSSR count). The number of amides is 1. The number of hydrogen-bond donors (Lipinski definition) is 3. The van der Waals surface area contributed by atoms with E-state index in [1.165, 1.54) is 12.1 Å². The van der Waals surface area contributed by atoms with Gasteiger partial charge in [0.05, 0.1) is 11.2 Å². The van der Waals surface area contributed by atoms with Crippen molar-refractivity contribution in [2.45, 2.75) is 31.0 Å². The van der Waals surface area contributed by atoms with Gasteiger partial charge in [-0.1, -0.05) is 6.07 Å². The number of ether oxygens (including phenoxy) is 1. The third-order valence-corrected chi connectivity index (χ3v) is 4.17. The van der Waals surface area contributed by atoms with E-state index in [0.29, 0.717) is 12.8 Å². The number of carbonyl (C=O) groups is 1. The first-order valence-electron chi connectivity index (χ1n) is 7.44. The van der Waals surface area contributed by atoms with Crippen LogP contribution in [0.25, 0.3) is 0 Å². The maximum absolute atomic E-state index is 13.3. The van der Waals surface area contributed by atoms with Crippen LogP contribution < -0.4 is 10.7 Å². The zero-order valence-electron chi connectivity index (χ0n) is 12.6. The van der Waals surface area contributed by atoms with Gasteiger partial charge < -0.3 is 15.2 Å². The molecule has 0 radical (unpaired) electrons. The lowest BCUT2D eigenvalue weighted by molar-refractivity contribution is -0.137. The van der Waals surface area contributed by atoms with E-state index in [-0.39, 0.29) is 30.1 Å². The normalized spacial score (nSPS) is 19.7. The van der Waals surface area contributed by atoms with E-state index in [1.54, 1.807) is 0 Å². The summed E-state index contributed by atoms with van der Waals surface area (Å²) in [5.41, 5.74) is 0.563. The number of rotatable bonds is 4. The van der Waals surface area contributed by atoms with Gasteiger partial charge in [0.1, 0.15) is 12.3 Å². The van der Waals surface area contributed by atoms with Gasteiger partial charge in [-0.25, -0.2) is 10.2 Å². The van der Waals surface area contributed by atoms with E-state index in [1.807, 2.05) is 0 Å². The Balaban J connectivity index is 1.85. The summed E-state index contributed by atoms with van der Waals surface area (Å²) in [5, 5.41) is 16.4. The number of hydrogen-bond acceptors (Lipinski definition) is 5. The molecule has 0 aromatic heterocycles. The summed E-state index contributed by atoms with van der Waals surface area (Å²) in [4.78, 5) is 10.9. The molecule has 0 spiro atoms. The van der Waals surface area contributed by atoms with Gasteiger partial charge in [0.2, 0.25) is 0 Å². The van der Waals surface area contributed by atoms with Crippen molar-refractivity contribution in [3.05, 3.63) is 29.3 Å². The highest BCUT2D eigenvalue weighted by Gasteiger charge is 2.37. The molecule has 1 heterocycles. The molecule has 1 fully saturated rings. The molecule has 0 atom stereocenters. The molecule has 1 saturated carbocycles. The van der Waals surface area contributed by atoms with E-state index in [4.69, 9.17) is 4.74 Å². The third kappa shape index (κ3) is 3.45. The van der Waals surface area contributed by atoms with Crippen LogP contribution in [0.1, 0.15) is 30.4 Å². The standard InChI is InChI=1S/C15H16F3N3O3/c16-15(17,18)10-6-9(12-7-24-13(22)21-20-12)2-3-11(10)19-8-14(23)4-1-5-14/h2-3,6,19,23H,1,4-5,7-8H2,(H,21,22). The Morgan fingerprint density at radius 3 is 2.67 bits per heavy atom. The fraction of sp³-hybridized carbons (Fsp3) is 0.467. The molecule has 1 aromatic carbocycles. The molecule has 1 amide bonds. The lowest BCUT2D eigenvalue weighted by atomic mass is 9.80. The SMILES string of the molecule is O=C1NN=C(c2ccc(NCC3(O)CCC3)c(C(F)(F)F)c2)CO1. The van der Waals surface area contributed by atoms with Crippen LogP contribution in [0.2, 0.25) is 0 Å². The van der Waals surface area contributed by atoms with Gasteiger partial charge in [0, 0.05) is 17.8 Å². The first-order chi connectivity index (χ1) is 11.3. The maximum Gasteiger partial charge on any atom is 0.428 e. The zero-order valence-corrected chi connectivity index (χ0v) is 12.6. The molecule has 1 aliphatic carbocycles. The lowest BCUT2D eigenvalue weighted by Gasteiger charge is -2.37. The Morgan fingerprint density at radius 2 is 2.12 bits per heavy atom. The minimum Gasteiger partial charge on any atom is -0.442 e. The van der Waals surface area contributed by atoms with Crippen molar-refractivity contribution in [3.8, 4) is 0 Å². The van der Waals surface area contributed by atoms with Crippen molar-refractivity contribution >= 4 is 17.5 Å². The van der Waals surface area contributed by atoms with Gasteiger partial charge in [-0.3, -0.25) is 0 Å². The average Bonchev–Trinajstić information content (AvgIpc) is 2.51. The molecule has 9 heteroatoms. The topological polar surface area (TPSA) is 83.0 Å². The van der Waals surface area contributed by atoms with Crippen LogP contribution in [0, 0.1) is 0 Å². The molecule has 24 heavy (non-hydrogen) atoms. The summed E-state index contributed by atoms with van der Waals surface area (Å²) < 4.78 is 44.7. The van der Waals surface area contributed by atoms with Crippen LogP contribution in [0.15, 0.2) is 23.3 Å². The number of benzene rings is 1. The van der Waals surface area contributed by atoms with Crippen LogP contribution in [-0.4, -0.2) is 35.7 Å². The number of carbonyl (C=O) groups excluding carboxylic acids is 1. The van der Waals surface area contributed by atoms with E-state index in [9.17, 15) is 23.1 Å². The Kier molecular flexibility index (Phi) is 4.12.